The lowest BCUT2D eigenvalue weighted by Crippen LogP contribution is -2.62. The van der Waals surface area contributed by atoms with Crippen molar-refractivity contribution in [1.82, 2.24) is 0 Å². The summed E-state index contributed by atoms with van der Waals surface area (Å²) in [7, 11) is 0. The summed E-state index contributed by atoms with van der Waals surface area (Å²) >= 11 is 0. The Bertz CT molecular complexity index is 2060. The number of carbonyl (C=O) groups is 2. The molecule has 0 saturated heterocycles. The summed E-state index contributed by atoms with van der Waals surface area (Å²) in [5.41, 5.74) is 5.78. The minimum atomic E-state index is -0.691. The van der Waals surface area contributed by atoms with Crippen LogP contribution in [0.3, 0.4) is 0 Å². The smallest absolute Gasteiger partial charge is 0.335 e. The first-order valence-corrected chi connectivity index (χ1v) is 26.0. The van der Waals surface area contributed by atoms with Crippen molar-refractivity contribution in [3.05, 3.63) is 68.8 Å². The van der Waals surface area contributed by atoms with E-state index in [0.29, 0.717) is 35.5 Å². The molecule has 66 heavy (non-hydrogen) atoms. The van der Waals surface area contributed by atoms with Gasteiger partial charge >= 0.3 is 23.2 Å². The number of hydrogen-bond acceptors (Lipinski definition) is 11. The quantitative estimate of drug-likeness (QED) is 0.235. The van der Waals surface area contributed by atoms with Gasteiger partial charge in [-0.25, -0.2) is 9.59 Å². The minimum absolute atomic E-state index is 0.0290. The van der Waals surface area contributed by atoms with Crippen LogP contribution in [-0.2, 0) is 19.1 Å². The fraction of sp³-hybridized carbons (Fsp3) is 0.782. The number of aliphatic hydroxyl groups is 2. The average molecular weight is 914 g/mol. The van der Waals surface area contributed by atoms with Gasteiger partial charge in [0.2, 0.25) is 0 Å². The summed E-state index contributed by atoms with van der Waals surface area (Å²) in [4.78, 5) is 47.2. The zero-order valence-electron chi connectivity index (χ0n) is 40.9. The third kappa shape index (κ3) is 7.61. The van der Waals surface area contributed by atoms with Gasteiger partial charge in [0, 0.05) is 23.0 Å². The highest BCUT2D eigenvalue weighted by Gasteiger charge is 2.69. The predicted molar refractivity (Wildman–Crippen MR) is 250 cm³/mol. The van der Waals surface area contributed by atoms with Gasteiger partial charge in [-0.15, -0.1) is 0 Å². The first-order valence-electron chi connectivity index (χ1n) is 26.0. The van der Waals surface area contributed by atoms with Gasteiger partial charge in [-0.2, -0.15) is 0 Å². The van der Waals surface area contributed by atoms with Crippen molar-refractivity contribution < 1.29 is 38.1 Å². The third-order valence-corrected chi connectivity index (χ3v) is 21.3. The minimum Gasteiger partial charge on any atom is -0.462 e. The summed E-state index contributed by atoms with van der Waals surface area (Å²) < 4.78 is 21.9. The van der Waals surface area contributed by atoms with E-state index in [1.807, 2.05) is 26.0 Å². The third-order valence-electron chi connectivity index (χ3n) is 21.3. The maximum Gasteiger partial charge on any atom is 0.335 e. The molecule has 2 heterocycles. The van der Waals surface area contributed by atoms with Crippen LogP contribution in [0.2, 0.25) is 0 Å². The van der Waals surface area contributed by atoms with Gasteiger partial charge in [0.25, 0.3) is 0 Å². The van der Waals surface area contributed by atoms with Crippen LogP contribution in [-0.4, -0.2) is 51.6 Å². The molecule has 11 heteroatoms. The molecule has 2 aromatic rings. The van der Waals surface area contributed by atoms with E-state index in [9.17, 15) is 29.4 Å². The van der Waals surface area contributed by atoms with Crippen LogP contribution < -0.4 is 17.0 Å². The maximum absolute atomic E-state index is 12.3. The van der Waals surface area contributed by atoms with Crippen LogP contribution in [0.4, 0.5) is 0 Å². The summed E-state index contributed by atoms with van der Waals surface area (Å²) in [6, 6.07) is 6.23. The highest BCUT2D eigenvalue weighted by molar-refractivity contribution is 5.75. The van der Waals surface area contributed by atoms with Crippen molar-refractivity contribution in [2.45, 2.75) is 205 Å². The molecular weight excluding hydrogens is 835 g/mol. The van der Waals surface area contributed by atoms with Crippen LogP contribution in [0.5, 0.6) is 0 Å². The van der Waals surface area contributed by atoms with Gasteiger partial charge in [-0.3, -0.25) is 9.59 Å². The van der Waals surface area contributed by atoms with Crippen molar-refractivity contribution in [2.75, 3.05) is 0 Å². The number of nitrogens with two attached hydrogens (primary N) is 1. The zero-order chi connectivity index (χ0) is 47.2. The second kappa shape index (κ2) is 17.3. The lowest BCUT2D eigenvalue weighted by atomic mass is 9.43. The Morgan fingerprint density at radius 3 is 1.38 bits per heavy atom. The van der Waals surface area contributed by atoms with E-state index in [0.717, 1.165) is 127 Å². The molecule has 8 aliphatic rings. The van der Waals surface area contributed by atoms with Gasteiger partial charge in [0.1, 0.15) is 18.2 Å². The molecule has 364 valence electrons. The Morgan fingerprint density at radius 1 is 0.576 bits per heavy atom. The Hall–Kier alpha value is -3.28. The highest BCUT2D eigenvalue weighted by atomic mass is 16.5. The van der Waals surface area contributed by atoms with E-state index in [2.05, 4.69) is 27.7 Å². The lowest BCUT2D eigenvalue weighted by molar-refractivity contribution is -0.208. The molecule has 8 aliphatic carbocycles. The van der Waals surface area contributed by atoms with Crippen LogP contribution in [0.25, 0.3) is 0 Å². The van der Waals surface area contributed by atoms with Crippen LogP contribution in [0.15, 0.2) is 55.2 Å². The van der Waals surface area contributed by atoms with E-state index >= 15 is 0 Å². The summed E-state index contributed by atoms with van der Waals surface area (Å²) in [6.07, 6.45) is 21.1. The second-order valence-corrected chi connectivity index (χ2v) is 24.3. The van der Waals surface area contributed by atoms with Crippen molar-refractivity contribution in [2.24, 2.45) is 68.8 Å². The lowest BCUT2D eigenvalue weighted by Gasteiger charge is -2.63. The molecule has 0 bridgehead atoms. The van der Waals surface area contributed by atoms with Gasteiger partial charge < -0.3 is 34.3 Å². The van der Waals surface area contributed by atoms with Crippen LogP contribution >= 0.6 is 0 Å². The maximum atomic E-state index is 12.3. The number of ether oxygens (including phenoxy) is 2. The molecular formula is C55H79NO10. The molecule has 0 amide bonds. The second-order valence-electron chi connectivity index (χ2n) is 24.3. The number of rotatable bonds is 6. The standard InChI is InChI=1S/C28H40O5.C27H39NO5/c1-17(2)25(30)33-20-9-12-26(3)19(15-20)6-7-23-22(26)10-13-27(4)21(11-14-28(23,27)31)18-5-8-24(29)32-16-18;1-16(28)24(30)33-19-8-11-25(2)18(14-19)5-6-22-21(25)9-12-26(3)20(10-13-27(22,26)31)17-4-7-23(29)32-15-17/h5,8,16-17,19-23,31H,6-7,9-15H2,1-4H3;4,7,15-16,18-22,31H,5-6,8-14,28H2,1-3H3/t19-,20+,21-,22+,23-,26+,27-,28+;16-,18-,19+,20-,21+,22-,25+,26-,27+/m11/s1. The summed E-state index contributed by atoms with van der Waals surface area (Å²) in [5, 5.41) is 24.6. The molecule has 11 nitrogen and oxygen atoms in total. The van der Waals surface area contributed by atoms with E-state index in [1.54, 1.807) is 19.5 Å². The van der Waals surface area contributed by atoms with Gasteiger partial charge in [-0.1, -0.05) is 41.5 Å². The van der Waals surface area contributed by atoms with E-state index < -0.39 is 17.2 Å². The average Bonchev–Trinajstić information content (AvgIpc) is 3.73. The molecule has 0 aromatic carbocycles. The fourth-order valence-electron chi connectivity index (χ4n) is 17.4. The molecule has 0 radical (unpaired) electrons. The molecule has 2 aromatic heterocycles. The number of esters is 2. The normalized spacial score (nSPS) is 45.0. The monoisotopic (exact) mass is 914 g/mol. The molecule has 0 aliphatic heterocycles. The molecule has 17 atom stereocenters. The van der Waals surface area contributed by atoms with Crippen molar-refractivity contribution in [3.63, 3.8) is 0 Å². The molecule has 8 saturated carbocycles. The number of fused-ring (bicyclic) bond motifs is 10. The Kier molecular flexibility index (Phi) is 12.5. The fourth-order valence-corrected chi connectivity index (χ4v) is 17.4. The van der Waals surface area contributed by atoms with E-state index in [-0.39, 0.29) is 74.8 Å². The molecule has 0 unspecified atom stereocenters. The van der Waals surface area contributed by atoms with Gasteiger partial charge in [-0.05, 0) is 204 Å². The molecule has 4 N–H and O–H groups in total. The SMILES string of the molecule is CC(C)C(=O)O[C@H]1CC[C@@]2(C)[C@H](CC[C@@H]3[C@@H]2CC[C@]2(C)[C@@H](c4ccc(=O)oc4)CC[C@]32O)C1.C[C@@H](N)C(=O)O[C@H]1CC[C@@]2(C)[C@H](CC[C@@H]3[C@@H]2CC[C@]2(C)[C@@H](c4ccc(=O)oc4)CC[C@]32O)C1. The first kappa shape index (κ1) is 47.8. The zero-order valence-corrected chi connectivity index (χ0v) is 40.9. The molecule has 10 rings (SSSR count). The van der Waals surface area contributed by atoms with E-state index in [1.165, 1.54) is 12.1 Å². The molecule has 0 spiro atoms. The summed E-state index contributed by atoms with van der Waals surface area (Å²) in [5.74, 6) is 2.69. The number of carbonyl (C=O) groups excluding carboxylic acids is 2. The van der Waals surface area contributed by atoms with Gasteiger partial charge in [0.05, 0.1) is 29.6 Å². The Morgan fingerprint density at radius 2 is 1.00 bits per heavy atom. The van der Waals surface area contributed by atoms with Crippen LogP contribution in [0.1, 0.15) is 187 Å². The largest absolute Gasteiger partial charge is 0.462 e. The number of hydrogen-bond donors (Lipinski definition) is 3. The topological polar surface area (TPSA) is 179 Å². The van der Waals surface area contributed by atoms with Crippen LogP contribution in [0, 0.1) is 63.1 Å². The van der Waals surface area contributed by atoms with E-state index in [4.69, 9.17) is 24.0 Å². The Labute approximate surface area is 391 Å². The van der Waals surface area contributed by atoms with Gasteiger partial charge in [0.15, 0.2) is 0 Å². The molecule has 8 fully saturated rings. The van der Waals surface area contributed by atoms with Crippen molar-refractivity contribution >= 4 is 11.9 Å². The van der Waals surface area contributed by atoms with Crippen molar-refractivity contribution in [1.29, 1.82) is 0 Å². The summed E-state index contributed by atoms with van der Waals surface area (Å²) in [6.45, 7) is 14.9. The Balaban J connectivity index is 0.000000166. The highest BCUT2D eigenvalue weighted by Crippen LogP contribution is 2.72. The predicted octanol–water partition coefficient (Wildman–Crippen LogP) is 9.59. The van der Waals surface area contributed by atoms with Crippen molar-refractivity contribution in [3.8, 4) is 0 Å². The first-order chi connectivity index (χ1) is 31.2.